The van der Waals surface area contributed by atoms with Crippen molar-refractivity contribution in [3.05, 3.63) is 112 Å². The number of halogens is 9. The number of carbonyl (C=O) groups excluding carboxylic acids is 2. The summed E-state index contributed by atoms with van der Waals surface area (Å²) in [7, 11) is 0. The minimum absolute atomic E-state index is 0.0259. The highest BCUT2D eigenvalue weighted by molar-refractivity contribution is 5.90. The fourth-order valence-corrected chi connectivity index (χ4v) is 7.41. The third kappa shape index (κ3) is 10.2. The number of fused-ring (bicyclic) bond motifs is 1. The van der Waals surface area contributed by atoms with Crippen molar-refractivity contribution in [2.45, 2.75) is 83.2 Å². The standard InChI is InChI=1S/C41H40F9N5O4/c1-3-30-21-32(31-20-27(39(42,43)44)10-11-34(31)55(30)38(57)59-23-24-8-6-5-7-9-24)52-37-51-22-35(54-14-12-26(13-15-54)36(56)58-4-2)33(53-37)18-25-16-28(40(45,46)47)19-29(17-25)41(48,49)50/h5-11,16-17,19-20,22,26,30,32H,3-4,12-15,18,21,23H2,1-2H3,(H,51,52,53)/t30-,32+/m1/s1. The number of amides is 1. The van der Waals surface area contributed by atoms with Crippen molar-refractivity contribution in [2.75, 3.05) is 34.8 Å². The lowest BCUT2D eigenvalue weighted by Gasteiger charge is -2.40. The van der Waals surface area contributed by atoms with Gasteiger partial charge in [-0.3, -0.25) is 9.69 Å². The van der Waals surface area contributed by atoms with Crippen LogP contribution in [-0.4, -0.2) is 47.8 Å². The molecule has 0 spiro atoms. The molecule has 316 valence electrons. The maximum absolute atomic E-state index is 14.1. The molecule has 1 fully saturated rings. The average Bonchev–Trinajstić information content (AvgIpc) is 3.19. The molecule has 0 unspecified atom stereocenters. The van der Waals surface area contributed by atoms with Gasteiger partial charge in [-0.2, -0.15) is 39.5 Å². The van der Waals surface area contributed by atoms with Crippen molar-refractivity contribution in [3.8, 4) is 0 Å². The van der Waals surface area contributed by atoms with E-state index in [9.17, 15) is 49.1 Å². The van der Waals surface area contributed by atoms with E-state index >= 15 is 0 Å². The Morgan fingerprint density at radius 2 is 1.42 bits per heavy atom. The smallest absolute Gasteiger partial charge is 0.416 e. The summed E-state index contributed by atoms with van der Waals surface area (Å²) in [5.41, 5.74) is -3.17. The fourth-order valence-electron chi connectivity index (χ4n) is 7.41. The molecule has 1 aromatic heterocycles. The molecule has 6 rings (SSSR count). The van der Waals surface area contributed by atoms with Gasteiger partial charge in [0.05, 0.1) is 58.5 Å². The van der Waals surface area contributed by atoms with E-state index in [1.165, 1.54) is 17.2 Å². The second-order valence-electron chi connectivity index (χ2n) is 14.3. The molecule has 2 aliphatic rings. The van der Waals surface area contributed by atoms with E-state index < -0.39 is 65.7 Å². The Morgan fingerprint density at radius 1 is 0.780 bits per heavy atom. The molecule has 1 N–H and O–H groups in total. The number of hydrogen-bond donors (Lipinski definition) is 1. The van der Waals surface area contributed by atoms with Gasteiger partial charge in [-0.05, 0) is 85.7 Å². The van der Waals surface area contributed by atoms with Crippen LogP contribution < -0.4 is 15.1 Å². The van der Waals surface area contributed by atoms with Gasteiger partial charge >= 0.3 is 30.6 Å². The third-order valence-electron chi connectivity index (χ3n) is 10.4. The van der Waals surface area contributed by atoms with Crippen molar-refractivity contribution in [1.29, 1.82) is 0 Å². The molecule has 59 heavy (non-hydrogen) atoms. The van der Waals surface area contributed by atoms with E-state index in [1.54, 1.807) is 49.1 Å². The number of ether oxygens (including phenoxy) is 2. The van der Waals surface area contributed by atoms with Gasteiger partial charge in [0, 0.05) is 25.6 Å². The Balaban J connectivity index is 1.38. The number of carbonyl (C=O) groups is 2. The first-order valence-corrected chi connectivity index (χ1v) is 18.9. The molecule has 0 bridgehead atoms. The van der Waals surface area contributed by atoms with E-state index in [-0.39, 0.29) is 78.9 Å². The van der Waals surface area contributed by atoms with Gasteiger partial charge in [0.25, 0.3) is 0 Å². The molecule has 9 nitrogen and oxygen atoms in total. The fraction of sp³-hybridized carbons (Fsp3) is 0.415. The first-order chi connectivity index (χ1) is 27.8. The van der Waals surface area contributed by atoms with Crippen LogP contribution in [0.25, 0.3) is 0 Å². The lowest BCUT2D eigenvalue weighted by molar-refractivity contribution is -0.148. The van der Waals surface area contributed by atoms with Gasteiger partial charge < -0.3 is 19.7 Å². The van der Waals surface area contributed by atoms with Gasteiger partial charge in [-0.25, -0.2) is 14.8 Å². The Labute approximate surface area is 333 Å². The Hall–Kier alpha value is -5.55. The molecule has 0 aliphatic carbocycles. The minimum atomic E-state index is -5.10. The van der Waals surface area contributed by atoms with Crippen molar-refractivity contribution in [1.82, 2.24) is 9.97 Å². The summed E-state index contributed by atoms with van der Waals surface area (Å²) in [4.78, 5) is 38.1. The summed E-state index contributed by atoms with van der Waals surface area (Å²) < 4.78 is 136. The zero-order valence-electron chi connectivity index (χ0n) is 31.8. The highest BCUT2D eigenvalue weighted by Gasteiger charge is 2.40. The molecule has 2 atom stereocenters. The first kappa shape index (κ1) is 43.0. The van der Waals surface area contributed by atoms with Gasteiger partial charge in [0.2, 0.25) is 5.95 Å². The van der Waals surface area contributed by atoms with Crippen LogP contribution in [0.15, 0.2) is 72.9 Å². The molecule has 3 heterocycles. The van der Waals surface area contributed by atoms with Crippen molar-refractivity contribution < 1.29 is 58.6 Å². The van der Waals surface area contributed by atoms with Crippen LogP contribution in [0.1, 0.15) is 84.6 Å². The molecular formula is C41H40F9N5O4. The second kappa shape index (κ2) is 17.4. The molecule has 4 aromatic rings. The third-order valence-corrected chi connectivity index (χ3v) is 10.4. The molecule has 3 aromatic carbocycles. The molecule has 0 saturated carbocycles. The predicted molar refractivity (Wildman–Crippen MR) is 198 cm³/mol. The number of hydrogen-bond acceptors (Lipinski definition) is 8. The molecule has 0 radical (unpaired) electrons. The van der Waals surface area contributed by atoms with E-state index in [1.807, 2.05) is 0 Å². The number of anilines is 3. The predicted octanol–water partition coefficient (Wildman–Crippen LogP) is 10.4. The number of piperidine rings is 1. The molecule has 1 saturated heterocycles. The summed E-state index contributed by atoms with van der Waals surface area (Å²) in [5, 5.41) is 3.05. The number of benzene rings is 3. The van der Waals surface area contributed by atoms with Crippen molar-refractivity contribution in [2.24, 2.45) is 5.92 Å². The van der Waals surface area contributed by atoms with Crippen LogP contribution >= 0.6 is 0 Å². The highest BCUT2D eigenvalue weighted by atomic mass is 19.4. The Kier molecular flexibility index (Phi) is 12.7. The lowest BCUT2D eigenvalue weighted by Crippen LogP contribution is -2.46. The van der Waals surface area contributed by atoms with Crippen LogP contribution in [0, 0.1) is 5.92 Å². The van der Waals surface area contributed by atoms with E-state index in [0.717, 1.165) is 12.1 Å². The second-order valence-corrected chi connectivity index (χ2v) is 14.3. The summed E-state index contributed by atoms with van der Waals surface area (Å²) in [6.07, 6.45) is -13.9. The maximum atomic E-state index is 14.1. The summed E-state index contributed by atoms with van der Waals surface area (Å²) in [6.45, 7) is 4.06. The Bertz CT molecular complexity index is 2090. The van der Waals surface area contributed by atoms with Gasteiger partial charge in [0.1, 0.15) is 6.61 Å². The number of nitrogens with zero attached hydrogens (tertiary/aromatic N) is 4. The van der Waals surface area contributed by atoms with Gasteiger partial charge in [-0.1, -0.05) is 37.3 Å². The molecule has 1 amide bonds. The number of esters is 1. The molecule has 2 aliphatic heterocycles. The van der Waals surface area contributed by atoms with Gasteiger partial charge in [0.15, 0.2) is 0 Å². The highest BCUT2D eigenvalue weighted by Crippen LogP contribution is 2.44. The SMILES string of the molecule is CCOC(=O)C1CCN(c2cnc(N[C@H]3C[C@@H](CC)N(C(=O)OCc4ccccc4)c4ccc(C(F)(F)F)cc43)nc2Cc2cc(C(F)(F)F)cc(C(F)(F)F)c2)CC1. The topological polar surface area (TPSA) is 96.9 Å². The first-order valence-electron chi connectivity index (χ1n) is 18.9. The van der Waals surface area contributed by atoms with Crippen molar-refractivity contribution in [3.63, 3.8) is 0 Å². The van der Waals surface area contributed by atoms with Crippen LogP contribution in [0.3, 0.4) is 0 Å². The van der Waals surface area contributed by atoms with Gasteiger partial charge in [-0.15, -0.1) is 0 Å². The molecular weight excluding hydrogens is 797 g/mol. The zero-order valence-corrected chi connectivity index (χ0v) is 31.8. The zero-order chi connectivity index (χ0) is 42.7. The largest absolute Gasteiger partial charge is 0.466 e. The molecule has 18 heteroatoms. The number of aromatic nitrogens is 2. The lowest BCUT2D eigenvalue weighted by atomic mass is 9.89. The van der Waals surface area contributed by atoms with Crippen molar-refractivity contribution >= 4 is 29.4 Å². The summed E-state index contributed by atoms with van der Waals surface area (Å²) in [6, 6.07) is 11.4. The average molecular weight is 838 g/mol. The quantitative estimate of drug-likeness (QED) is 0.125. The normalized spacial score (nSPS) is 17.7. The van der Waals surface area contributed by atoms with Crippen LogP contribution in [0.4, 0.5) is 61.6 Å². The van der Waals surface area contributed by atoms with E-state index in [2.05, 4.69) is 15.3 Å². The summed E-state index contributed by atoms with van der Waals surface area (Å²) in [5.74, 6) is -0.984. The maximum Gasteiger partial charge on any atom is 0.416 e. The number of nitrogens with one attached hydrogen (secondary N) is 1. The summed E-state index contributed by atoms with van der Waals surface area (Å²) >= 11 is 0. The van der Waals surface area contributed by atoms with Crippen LogP contribution in [0.2, 0.25) is 0 Å². The monoisotopic (exact) mass is 837 g/mol. The van der Waals surface area contributed by atoms with E-state index in [4.69, 9.17) is 9.47 Å². The van der Waals surface area contributed by atoms with Crippen LogP contribution in [-0.2, 0) is 45.8 Å². The number of rotatable bonds is 10. The van der Waals surface area contributed by atoms with Crippen LogP contribution in [0.5, 0.6) is 0 Å². The Morgan fingerprint density at radius 3 is 2.02 bits per heavy atom. The minimum Gasteiger partial charge on any atom is -0.466 e. The van der Waals surface area contributed by atoms with E-state index in [0.29, 0.717) is 37.0 Å². The number of alkyl halides is 9.